The highest BCUT2D eigenvalue weighted by Crippen LogP contribution is 2.49. The molecule has 0 atom stereocenters. The molecule has 3 aromatic rings. The second-order valence-corrected chi connectivity index (χ2v) is 7.17. The summed E-state index contributed by atoms with van der Waals surface area (Å²) >= 11 is 0. The minimum absolute atomic E-state index is 0.0308. The number of rotatable bonds is 4. The van der Waals surface area contributed by atoms with E-state index in [0.29, 0.717) is 29.2 Å². The van der Waals surface area contributed by atoms with E-state index in [2.05, 4.69) is 20.4 Å². The third-order valence-electron chi connectivity index (χ3n) is 4.87. The average molecular weight is 433 g/mol. The highest BCUT2D eigenvalue weighted by atomic mass is 19.4. The first kappa shape index (κ1) is 20.4. The molecule has 5 nitrogen and oxygen atoms in total. The van der Waals surface area contributed by atoms with Crippen molar-refractivity contribution in [3.8, 4) is 0 Å². The molecule has 0 spiro atoms. The van der Waals surface area contributed by atoms with Crippen LogP contribution in [0.3, 0.4) is 0 Å². The zero-order valence-electron chi connectivity index (χ0n) is 15.4. The minimum atomic E-state index is -4.81. The van der Waals surface area contributed by atoms with Crippen molar-refractivity contribution in [2.45, 2.75) is 44.2 Å². The SMILES string of the molecule is Cc1nc(NC2(c3ccc(C(F)(F)F)c(F)c3)CC2)c2cnn(CC(F)(F)F)c2n1. The fourth-order valence-corrected chi connectivity index (χ4v) is 3.33. The molecule has 1 aromatic carbocycles. The molecule has 0 amide bonds. The van der Waals surface area contributed by atoms with Gasteiger partial charge in [-0.25, -0.2) is 19.0 Å². The summed E-state index contributed by atoms with van der Waals surface area (Å²) < 4.78 is 91.5. The molecule has 0 radical (unpaired) electrons. The monoisotopic (exact) mass is 433 g/mol. The number of nitrogens with one attached hydrogen (secondary N) is 1. The molecule has 160 valence electrons. The number of halogens is 7. The Labute approximate surface area is 164 Å². The van der Waals surface area contributed by atoms with E-state index in [-0.39, 0.29) is 22.7 Å². The third kappa shape index (κ3) is 3.77. The number of aryl methyl sites for hydroxylation is 1. The van der Waals surface area contributed by atoms with Gasteiger partial charge in [0.25, 0.3) is 0 Å². The van der Waals surface area contributed by atoms with E-state index >= 15 is 0 Å². The zero-order valence-corrected chi connectivity index (χ0v) is 15.4. The Hall–Kier alpha value is -2.92. The number of hydrogen-bond donors (Lipinski definition) is 1. The lowest BCUT2D eigenvalue weighted by Gasteiger charge is -2.20. The van der Waals surface area contributed by atoms with Crippen LogP contribution >= 0.6 is 0 Å². The van der Waals surface area contributed by atoms with Crippen LogP contribution in [0.5, 0.6) is 0 Å². The van der Waals surface area contributed by atoms with Gasteiger partial charge < -0.3 is 5.32 Å². The molecule has 1 saturated carbocycles. The number of benzene rings is 1. The predicted molar refractivity (Wildman–Crippen MR) is 92.1 cm³/mol. The Morgan fingerprint density at radius 1 is 1.10 bits per heavy atom. The molecule has 12 heteroatoms. The molecule has 1 aliphatic carbocycles. The Morgan fingerprint density at radius 3 is 2.37 bits per heavy atom. The Bertz CT molecular complexity index is 1110. The van der Waals surface area contributed by atoms with Crippen LogP contribution in [0.25, 0.3) is 11.0 Å². The van der Waals surface area contributed by atoms with Gasteiger partial charge in [-0.15, -0.1) is 0 Å². The number of anilines is 1. The van der Waals surface area contributed by atoms with E-state index < -0.39 is 35.8 Å². The van der Waals surface area contributed by atoms with Crippen molar-refractivity contribution in [2.24, 2.45) is 0 Å². The maximum Gasteiger partial charge on any atom is 0.419 e. The molecule has 4 rings (SSSR count). The van der Waals surface area contributed by atoms with Crippen LogP contribution in [0.1, 0.15) is 29.8 Å². The highest BCUT2D eigenvalue weighted by Gasteiger charge is 2.46. The van der Waals surface area contributed by atoms with Crippen molar-refractivity contribution >= 4 is 16.9 Å². The summed E-state index contributed by atoms with van der Waals surface area (Å²) in [5.41, 5.74) is -1.97. The smallest absolute Gasteiger partial charge is 0.360 e. The maximum absolute atomic E-state index is 14.0. The third-order valence-corrected chi connectivity index (χ3v) is 4.87. The number of nitrogens with zero attached hydrogens (tertiary/aromatic N) is 4. The van der Waals surface area contributed by atoms with Gasteiger partial charge in [0.15, 0.2) is 5.65 Å². The molecule has 0 unspecified atom stereocenters. The summed E-state index contributed by atoms with van der Waals surface area (Å²) in [4.78, 5) is 8.23. The summed E-state index contributed by atoms with van der Waals surface area (Å²) in [5, 5.41) is 7.01. The van der Waals surface area contributed by atoms with Crippen LogP contribution in [0, 0.1) is 12.7 Å². The molecule has 1 fully saturated rings. The van der Waals surface area contributed by atoms with Gasteiger partial charge >= 0.3 is 12.4 Å². The largest absolute Gasteiger partial charge is 0.419 e. The van der Waals surface area contributed by atoms with Crippen molar-refractivity contribution in [1.82, 2.24) is 19.7 Å². The lowest BCUT2D eigenvalue weighted by molar-refractivity contribution is -0.142. The molecular formula is C18H14F7N5. The molecule has 2 aromatic heterocycles. The Kier molecular flexibility index (Phi) is 4.44. The molecule has 0 saturated heterocycles. The maximum atomic E-state index is 14.0. The van der Waals surface area contributed by atoms with Gasteiger partial charge in [0.1, 0.15) is 24.0 Å². The molecule has 1 aliphatic rings. The van der Waals surface area contributed by atoms with Gasteiger partial charge in [-0.2, -0.15) is 31.4 Å². The molecule has 0 bridgehead atoms. The van der Waals surface area contributed by atoms with Crippen LogP contribution in [0.15, 0.2) is 24.4 Å². The van der Waals surface area contributed by atoms with Crippen molar-refractivity contribution in [1.29, 1.82) is 0 Å². The van der Waals surface area contributed by atoms with E-state index in [0.717, 1.165) is 6.07 Å². The molecule has 2 heterocycles. The standard InChI is InChI=1S/C18H14F7N5/c1-9-27-14(11-7-26-30(15(11)28-9)8-17(20,21)22)29-16(4-5-16)10-2-3-12(13(19)6-10)18(23,24)25/h2-3,6-7H,4-5,8H2,1H3,(H,27,28,29). The number of hydrogen-bond acceptors (Lipinski definition) is 4. The highest BCUT2D eigenvalue weighted by molar-refractivity contribution is 5.87. The minimum Gasteiger partial charge on any atom is -0.360 e. The normalized spacial score (nSPS) is 16.1. The van der Waals surface area contributed by atoms with Crippen LogP contribution < -0.4 is 5.32 Å². The fourth-order valence-electron chi connectivity index (χ4n) is 3.33. The molecular weight excluding hydrogens is 419 g/mol. The van der Waals surface area contributed by atoms with Crippen LogP contribution in [0.4, 0.5) is 36.6 Å². The summed E-state index contributed by atoms with van der Waals surface area (Å²) in [6.07, 6.45) is -7.15. The van der Waals surface area contributed by atoms with Gasteiger partial charge in [0.2, 0.25) is 0 Å². The van der Waals surface area contributed by atoms with Crippen molar-refractivity contribution < 1.29 is 30.7 Å². The second kappa shape index (κ2) is 6.54. The first-order valence-corrected chi connectivity index (χ1v) is 8.80. The van der Waals surface area contributed by atoms with Crippen molar-refractivity contribution in [2.75, 3.05) is 5.32 Å². The molecule has 1 N–H and O–H groups in total. The van der Waals surface area contributed by atoms with Gasteiger partial charge in [-0.05, 0) is 37.5 Å². The summed E-state index contributed by atoms with van der Waals surface area (Å²) in [7, 11) is 0. The predicted octanol–water partition coefficient (Wildman–Crippen LogP) is 4.96. The lowest BCUT2D eigenvalue weighted by Crippen LogP contribution is -2.21. The number of fused-ring (bicyclic) bond motifs is 1. The van der Waals surface area contributed by atoms with Gasteiger partial charge in [-0.1, -0.05) is 6.07 Å². The van der Waals surface area contributed by atoms with E-state index in [9.17, 15) is 30.7 Å². The summed E-state index contributed by atoms with van der Waals surface area (Å²) in [6.45, 7) is 0.161. The lowest BCUT2D eigenvalue weighted by atomic mass is 10.0. The zero-order chi connectivity index (χ0) is 21.9. The fraction of sp³-hybridized carbons (Fsp3) is 0.389. The summed E-state index contributed by atoms with van der Waals surface area (Å²) in [5.74, 6) is -1.03. The molecule has 0 aliphatic heterocycles. The van der Waals surface area contributed by atoms with Gasteiger partial charge in [-0.3, -0.25) is 0 Å². The van der Waals surface area contributed by atoms with E-state index in [4.69, 9.17) is 0 Å². The van der Waals surface area contributed by atoms with Crippen LogP contribution in [-0.2, 0) is 18.3 Å². The van der Waals surface area contributed by atoms with Crippen molar-refractivity contribution in [3.63, 3.8) is 0 Å². The Balaban J connectivity index is 1.70. The quantitative estimate of drug-likeness (QED) is 0.592. The average Bonchev–Trinajstić information content (AvgIpc) is 3.28. The van der Waals surface area contributed by atoms with Gasteiger partial charge in [0.05, 0.1) is 22.7 Å². The second-order valence-electron chi connectivity index (χ2n) is 7.17. The molecule has 30 heavy (non-hydrogen) atoms. The van der Waals surface area contributed by atoms with Crippen LogP contribution in [-0.4, -0.2) is 25.9 Å². The van der Waals surface area contributed by atoms with E-state index in [1.165, 1.54) is 19.2 Å². The topological polar surface area (TPSA) is 55.6 Å². The van der Waals surface area contributed by atoms with E-state index in [1.54, 1.807) is 0 Å². The number of alkyl halides is 6. The first-order chi connectivity index (χ1) is 13.9. The first-order valence-electron chi connectivity index (χ1n) is 8.80. The Morgan fingerprint density at radius 2 is 1.80 bits per heavy atom. The van der Waals surface area contributed by atoms with Gasteiger partial charge in [0, 0.05) is 0 Å². The summed E-state index contributed by atoms with van der Waals surface area (Å²) in [6, 6.07) is 2.68. The van der Waals surface area contributed by atoms with Crippen molar-refractivity contribution in [3.05, 3.63) is 47.2 Å². The van der Waals surface area contributed by atoms with E-state index in [1.807, 2.05) is 0 Å². The van der Waals surface area contributed by atoms with Crippen LogP contribution in [0.2, 0.25) is 0 Å². The number of aromatic nitrogens is 4.